The first-order chi connectivity index (χ1) is 14.3. The number of amides is 3. The highest BCUT2D eigenvalue weighted by Gasteiger charge is 2.46. The Morgan fingerprint density at radius 1 is 1.07 bits per heavy atom. The summed E-state index contributed by atoms with van der Waals surface area (Å²) in [4.78, 5) is 40.0. The van der Waals surface area contributed by atoms with Crippen LogP contribution in [0, 0.1) is 0 Å². The van der Waals surface area contributed by atoms with E-state index in [4.69, 9.17) is 27.9 Å². The molecule has 0 saturated carbocycles. The average molecular weight is 449 g/mol. The van der Waals surface area contributed by atoms with Crippen molar-refractivity contribution in [2.45, 2.75) is 12.0 Å². The average Bonchev–Trinajstić information content (AvgIpc) is 2.89. The Bertz CT molecular complexity index is 1010. The molecule has 4 rings (SSSR count). The van der Waals surface area contributed by atoms with Crippen molar-refractivity contribution in [1.29, 1.82) is 0 Å². The summed E-state index contributed by atoms with van der Waals surface area (Å²) in [6.45, 7) is 0.322. The topological polar surface area (TPSA) is 87.2 Å². The summed E-state index contributed by atoms with van der Waals surface area (Å²) < 4.78 is 6.16. The second kappa shape index (κ2) is 7.91. The third-order valence-electron chi connectivity index (χ3n) is 5.40. The largest absolute Gasteiger partial charge is 0.465 e. The Kier molecular flexibility index (Phi) is 5.44. The predicted octanol–water partition coefficient (Wildman–Crippen LogP) is 3.89. The molecule has 2 aromatic carbocycles. The number of rotatable bonds is 3. The summed E-state index contributed by atoms with van der Waals surface area (Å²) in [5, 5.41) is 10.2. The number of carbonyl (C=O) groups excluding carboxylic acids is 2. The number of carbonyl (C=O) groups is 3. The van der Waals surface area contributed by atoms with Gasteiger partial charge in [-0.15, -0.1) is 0 Å². The molecule has 0 unspecified atom stereocenters. The fourth-order valence-corrected chi connectivity index (χ4v) is 4.20. The van der Waals surface area contributed by atoms with Gasteiger partial charge in [-0.25, -0.2) is 4.79 Å². The molecule has 0 bridgehead atoms. The molecule has 156 valence electrons. The van der Waals surface area contributed by atoms with Crippen LogP contribution < -0.4 is 0 Å². The van der Waals surface area contributed by atoms with Gasteiger partial charge in [-0.05, 0) is 36.2 Å². The van der Waals surface area contributed by atoms with Crippen LogP contribution >= 0.6 is 23.2 Å². The number of hydrogen-bond acceptors (Lipinski definition) is 4. The number of hydrogen-bond donors (Lipinski definition) is 1. The lowest BCUT2D eigenvalue weighted by Gasteiger charge is -2.38. The van der Waals surface area contributed by atoms with Crippen molar-refractivity contribution < 1.29 is 24.2 Å². The van der Waals surface area contributed by atoms with E-state index in [0.717, 1.165) is 4.90 Å². The molecule has 3 amide bonds. The van der Waals surface area contributed by atoms with E-state index >= 15 is 0 Å². The lowest BCUT2D eigenvalue weighted by molar-refractivity contribution is -0.0615. The molecule has 30 heavy (non-hydrogen) atoms. The second-order valence-corrected chi connectivity index (χ2v) is 8.09. The summed E-state index contributed by atoms with van der Waals surface area (Å²) in [7, 11) is 0. The summed E-state index contributed by atoms with van der Waals surface area (Å²) in [6.07, 6.45) is -0.621. The van der Waals surface area contributed by atoms with Crippen molar-refractivity contribution in [2.24, 2.45) is 0 Å². The summed E-state index contributed by atoms with van der Waals surface area (Å²) in [5.74, 6) is -0.880. The van der Waals surface area contributed by atoms with Crippen molar-refractivity contribution >= 4 is 41.1 Å². The van der Waals surface area contributed by atoms with E-state index in [1.54, 1.807) is 42.5 Å². The van der Waals surface area contributed by atoms with Crippen LogP contribution in [0.4, 0.5) is 4.79 Å². The molecule has 7 nitrogen and oxygen atoms in total. The first-order valence-electron chi connectivity index (χ1n) is 9.35. The zero-order valence-corrected chi connectivity index (χ0v) is 17.3. The van der Waals surface area contributed by atoms with E-state index in [1.165, 1.54) is 4.90 Å². The van der Waals surface area contributed by atoms with Crippen LogP contribution in [0.25, 0.3) is 0 Å². The maximum atomic E-state index is 12.9. The van der Waals surface area contributed by atoms with Crippen LogP contribution in [0.5, 0.6) is 0 Å². The Morgan fingerprint density at radius 3 is 2.33 bits per heavy atom. The molecule has 0 aromatic heterocycles. The lowest BCUT2D eigenvalue weighted by atomic mass is 9.92. The fraction of sp³-hybridized carbons (Fsp3) is 0.286. The van der Waals surface area contributed by atoms with Crippen LogP contribution in [0.15, 0.2) is 42.5 Å². The van der Waals surface area contributed by atoms with Gasteiger partial charge in [0.15, 0.2) is 0 Å². The number of halogens is 2. The second-order valence-electron chi connectivity index (χ2n) is 7.27. The van der Waals surface area contributed by atoms with E-state index in [1.807, 2.05) is 0 Å². The zero-order chi connectivity index (χ0) is 21.5. The first kappa shape index (κ1) is 20.7. The van der Waals surface area contributed by atoms with E-state index in [2.05, 4.69) is 0 Å². The molecule has 2 aromatic rings. The molecule has 2 aliphatic rings. The molecule has 1 N–H and O–H groups in total. The number of ether oxygens (including phenoxy) is 1. The van der Waals surface area contributed by atoms with Crippen LogP contribution in [0.1, 0.15) is 32.7 Å². The van der Waals surface area contributed by atoms with E-state index < -0.39 is 23.5 Å². The molecule has 0 radical (unpaired) electrons. The number of benzene rings is 2. The van der Waals surface area contributed by atoms with Crippen LogP contribution in [-0.2, 0) is 10.3 Å². The first-order valence-corrected chi connectivity index (χ1v) is 10.1. The molecule has 9 heteroatoms. The third kappa shape index (κ3) is 3.53. The van der Waals surface area contributed by atoms with Crippen LogP contribution in [-0.4, -0.2) is 59.1 Å². The van der Waals surface area contributed by atoms with Crippen LogP contribution in [0.3, 0.4) is 0 Å². The molecule has 1 saturated heterocycles. The van der Waals surface area contributed by atoms with Gasteiger partial charge in [-0.1, -0.05) is 41.4 Å². The van der Waals surface area contributed by atoms with Crippen molar-refractivity contribution in [3.8, 4) is 0 Å². The molecule has 1 fully saturated rings. The standard InChI is InChI=1S/C21H18Cl2N2O5/c22-16-7-6-13(10-17(16)23)21(11-24(20(28)29)8-3-9-30-21)12-25-18(26)14-4-1-2-5-15(14)19(25)27/h1-2,4-7,10H,3,8-9,11-12H2,(H,28,29)/t21-/m1/s1. The maximum absolute atomic E-state index is 12.9. The molecular formula is C21H18Cl2N2O5. The Labute approximate surface area is 182 Å². The van der Waals surface area contributed by atoms with Gasteiger partial charge in [0, 0.05) is 13.2 Å². The summed E-state index contributed by atoms with van der Waals surface area (Å²) in [5.41, 5.74) is -0.108. The van der Waals surface area contributed by atoms with Gasteiger partial charge in [0.1, 0.15) is 5.60 Å². The number of imide groups is 1. The number of nitrogens with zero attached hydrogens (tertiary/aromatic N) is 2. The summed E-state index contributed by atoms with van der Waals surface area (Å²) in [6, 6.07) is 11.4. The smallest absolute Gasteiger partial charge is 0.407 e. The van der Waals surface area contributed by atoms with E-state index in [-0.39, 0.29) is 31.3 Å². The van der Waals surface area contributed by atoms with Gasteiger partial charge < -0.3 is 14.7 Å². The van der Waals surface area contributed by atoms with Crippen molar-refractivity contribution in [3.05, 3.63) is 69.2 Å². The highest BCUT2D eigenvalue weighted by molar-refractivity contribution is 6.42. The SMILES string of the molecule is O=C(O)N1CCCO[C@](CN2C(=O)c3ccccc3C2=O)(c2ccc(Cl)c(Cl)c2)C1. The minimum absolute atomic E-state index is 0.0618. The molecule has 0 aliphatic carbocycles. The van der Waals surface area contributed by atoms with Crippen molar-refractivity contribution in [3.63, 3.8) is 0 Å². The Hall–Kier alpha value is -2.61. The lowest BCUT2D eigenvalue weighted by Crippen LogP contribution is -2.51. The number of carboxylic acid groups (broad SMARTS) is 1. The molecule has 0 spiro atoms. The van der Waals surface area contributed by atoms with Gasteiger partial charge in [0.05, 0.1) is 34.3 Å². The van der Waals surface area contributed by atoms with E-state index in [0.29, 0.717) is 28.1 Å². The van der Waals surface area contributed by atoms with Crippen molar-refractivity contribution in [2.75, 3.05) is 26.2 Å². The molecular weight excluding hydrogens is 431 g/mol. The van der Waals surface area contributed by atoms with Gasteiger partial charge >= 0.3 is 6.09 Å². The fourth-order valence-electron chi connectivity index (χ4n) is 3.90. The maximum Gasteiger partial charge on any atom is 0.407 e. The predicted molar refractivity (Wildman–Crippen MR) is 110 cm³/mol. The zero-order valence-electron chi connectivity index (χ0n) is 15.8. The Morgan fingerprint density at radius 2 is 1.73 bits per heavy atom. The van der Waals surface area contributed by atoms with Crippen molar-refractivity contribution in [1.82, 2.24) is 9.80 Å². The van der Waals surface area contributed by atoms with Gasteiger partial charge in [-0.2, -0.15) is 0 Å². The van der Waals surface area contributed by atoms with Gasteiger partial charge in [0.2, 0.25) is 0 Å². The monoisotopic (exact) mass is 448 g/mol. The van der Waals surface area contributed by atoms with Gasteiger partial charge in [0.25, 0.3) is 11.8 Å². The van der Waals surface area contributed by atoms with Crippen LogP contribution in [0.2, 0.25) is 10.0 Å². The summed E-state index contributed by atoms with van der Waals surface area (Å²) >= 11 is 12.3. The minimum atomic E-state index is -1.28. The molecule has 1 atom stereocenters. The highest BCUT2D eigenvalue weighted by atomic mass is 35.5. The minimum Gasteiger partial charge on any atom is -0.465 e. The molecule has 2 aliphatic heterocycles. The normalized spacial score (nSPS) is 21.5. The highest BCUT2D eigenvalue weighted by Crippen LogP contribution is 2.36. The molecule has 2 heterocycles. The Balaban J connectivity index is 1.78. The van der Waals surface area contributed by atoms with Gasteiger partial charge in [-0.3, -0.25) is 14.5 Å². The third-order valence-corrected chi connectivity index (χ3v) is 6.14. The van der Waals surface area contributed by atoms with E-state index in [9.17, 15) is 19.5 Å². The quantitative estimate of drug-likeness (QED) is 0.719. The number of fused-ring (bicyclic) bond motifs is 1.